The number of aryl methyl sites for hydroxylation is 2. The maximum Gasteiger partial charge on any atom is 0.453 e. The monoisotopic (exact) mass is 565 g/mol. The van der Waals surface area contributed by atoms with Crippen LogP contribution in [-0.4, -0.2) is 12.5 Å². The second kappa shape index (κ2) is 10.6. The number of nitrogens with one attached hydrogen (secondary N) is 1. The van der Waals surface area contributed by atoms with E-state index in [4.69, 9.17) is 37.1 Å². The largest absolute Gasteiger partial charge is 0.484 e. The van der Waals surface area contributed by atoms with E-state index in [-0.39, 0.29) is 22.5 Å². The smallest absolute Gasteiger partial charge is 0.453 e. The fourth-order valence-electron chi connectivity index (χ4n) is 3.69. The maximum atomic E-state index is 13.9. The van der Waals surface area contributed by atoms with E-state index in [9.17, 15) is 22.8 Å². The summed E-state index contributed by atoms with van der Waals surface area (Å²) in [5.41, 5.74) is 0.875. The van der Waals surface area contributed by atoms with Crippen molar-refractivity contribution in [3.05, 3.63) is 91.3 Å². The van der Waals surface area contributed by atoms with Gasteiger partial charge in [-0.2, -0.15) is 13.2 Å². The van der Waals surface area contributed by atoms with E-state index in [1.165, 1.54) is 24.3 Å². The molecule has 0 saturated carbocycles. The van der Waals surface area contributed by atoms with Crippen molar-refractivity contribution in [3.63, 3.8) is 0 Å². The van der Waals surface area contributed by atoms with Gasteiger partial charge in [0.25, 0.3) is 11.7 Å². The van der Waals surface area contributed by atoms with Gasteiger partial charge in [-0.05, 0) is 73.9 Å². The fraction of sp³-hybridized carbons (Fsp3) is 0.185. The topological polar surface area (TPSA) is 77.8 Å². The zero-order chi connectivity index (χ0) is 27.8. The number of fused-ring (bicyclic) bond motifs is 1. The molecule has 0 atom stereocenters. The SMILES string of the molecule is Cc1cc(Oc2c(C(F)(F)F)oc3cc(OCC(=O)Nc4cccc(Cl)c4C)ccc3c2=O)cc(C)c1Cl. The molecule has 0 unspecified atom stereocenters. The molecule has 4 aromatic rings. The Morgan fingerprint density at radius 3 is 2.34 bits per heavy atom. The van der Waals surface area contributed by atoms with E-state index in [1.807, 2.05) is 0 Å². The van der Waals surface area contributed by atoms with E-state index in [1.54, 1.807) is 39.0 Å². The molecule has 6 nitrogen and oxygen atoms in total. The van der Waals surface area contributed by atoms with E-state index >= 15 is 0 Å². The lowest BCUT2D eigenvalue weighted by molar-refractivity contribution is -0.154. The minimum atomic E-state index is -5.04. The molecule has 1 heterocycles. The zero-order valence-electron chi connectivity index (χ0n) is 20.3. The van der Waals surface area contributed by atoms with Gasteiger partial charge >= 0.3 is 6.18 Å². The Labute approximate surface area is 224 Å². The molecule has 0 fully saturated rings. The summed E-state index contributed by atoms with van der Waals surface area (Å²) in [6.45, 7) is 4.60. The first-order valence-electron chi connectivity index (χ1n) is 11.2. The molecule has 198 valence electrons. The summed E-state index contributed by atoms with van der Waals surface area (Å²) in [6.07, 6.45) is -5.04. The van der Waals surface area contributed by atoms with Crippen LogP contribution in [0.3, 0.4) is 0 Å². The quantitative estimate of drug-likeness (QED) is 0.257. The number of alkyl halides is 3. The minimum absolute atomic E-state index is 0.00227. The van der Waals surface area contributed by atoms with Crippen LogP contribution < -0.4 is 20.2 Å². The van der Waals surface area contributed by atoms with Crippen molar-refractivity contribution in [1.29, 1.82) is 0 Å². The number of halogens is 5. The van der Waals surface area contributed by atoms with Crippen LogP contribution in [0.5, 0.6) is 17.2 Å². The van der Waals surface area contributed by atoms with Gasteiger partial charge in [-0.25, -0.2) is 0 Å². The molecule has 11 heteroatoms. The summed E-state index contributed by atoms with van der Waals surface area (Å²) in [6, 6.07) is 11.5. The molecule has 4 rings (SSSR count). The number of carbonyl (C=O) groups is 1. The molecular formula is C27H20Cl2F3NO5. The number of benzene rings is 3. The average Bonchev–Trinajstić information content (AvgIpc) is 2.85. The lowest BCUT2D eigenvalue weighted by atomic mass is 10.1. The Morgan fingerprint density at radius 2 is 1.68 bits per heavy atom. The van der Waals surface area contributed by atoms with Gasteiger partial charge in [-0.3, -0.25) is 9.59 Å². The summed E-state index contributed by atoms with van der Waals surface area (Å²) in [5, 5.41) is 3.38. The normalized spacial score (nSPS) is 11.5. The van der Waals surface area contributed by atoms with Gasteiger partial charge in [0.1, 0.15) is 17.1 Å². The number of amides is 1. The summed E-state index contributed by atoms with van der Waals surface area (Å²) in [4.78, 5) is 25.4. The van der Waals surface area contributed by atoms with E-state index in [0.717, 1.165) is 6.07 Å². The van der Waals surface area contributed by atoms with Crippen LogP contribution in [-0.2, 0) is 11.0 Å². The van der Waals surface area contributed by atoms with E-state index in [0.29, 0.717) is 32.4 Å². The van der Waals surface area contributed by atoms with Crippen LogP contribution in [0, 0.1) is 20.8 Å². The number of ether oxygens (including phenoxy) is 2. The summed E-state index contributed by atoms with van der Waals surface area (Å²) in [7, 11) is 0. The van der Waals surface area contributed by atoms with Gasteiger partial charge in [0, 0.05) is 21.8 Å². The third-order valence-electron chi connectivity index (χ3n) is 5.62. The number of hydrogen-bond acceptors (Lipinski definition) is 5. The Bertz CT molecular complexity index is 1590. The van der Waals surface area contributed by atoms with Gasteiger partial charge in [-0.1, -0.05) is 29.3 Å². The highest BCUT2D eigenvalue weighted by molar-refractivity contribution is 6.32. The van der Waals surface area contributed by atoms with Crippen LogP contribution >= 0.6 is 23.2 Å². The van der Waals surface area contributed by atoms with Gasteiger partial charge in [-0.15, -0.1) is 0 Å². The van der Waals surface area contributed by atoms with E-state index in [2.05, 4.69) is 5.32 Å². The predicted molar refractivity (Wildman–Crippen MR) is 139 cm³/mol. The molecule has 0 aliphatic heterocycles. The van der Waals surface area contributed by atoms with Gasteiger partial charge in [0.15, 0.2) is 6.61 Å². The van der Waals surface area contributed by atoms with Crippen LogP contribution in [0.1, 0.15) is 22.5 Å². The minimum Gasteiger partial charge on any atom is -0.484 e. The molecule has 3 aromatic carbocycles. The lowest BCUT2D eigenvalue weighted by Gasteiger charge is -2.15. The van der Waals surface area contributed by atoms with Gasteiger partial charge in [0.05, 0.1) is 5.39 Å². The second-order valence-electron chi connectivity index (χ2n) is 8.47. The van der Waals surface area contributed by atoms with Crippen molar-refractivity contribution >= 4 is 45.8 Å². The maximum absolute atomic E-state index is 13.9. The Kier molecular flexibility index (Phi) is 7.62. The van der Waals surface area contributed by atoms with Crippen molar-refractivity contribution in [2.45, 2.75) is 26.9 Å². The number of rotatable bonds is 6. The number of anilines is 1. The lowest BCUT2D eigenvalue weighted by Crippen LogP contribution is -2.20. The zero-order valence-corrected chi connectivity index (χ0v) is 21.8. The molecule has 0 bridgehead atoms. The first kappa shape index (κ1) is 27.3. The van der Waals surface area contributed by atoms with Crippen molar-refractivity contribution < 1.29 is 31.9 Å². The highest BCUT2D eigenvalue weighted by atomic mass is 35.5. The molecular weight excluding hydrogens is 546 g/mol. The molecule has 1 amide bonds. The van der Waals surface area contributed by atoms with Crippen molar-refractivity contribution in [2.75, 3.05) is 11.9 Å². The molecule has 0 aliphatic rings. The highest BCUT2D eigenvalue weighted by Gasteiger charge is 2.40. The first-order chi connectivity index (χ1) is 17.8. The van der Waals surface area contributed by atoms with Crippen LogP contribution in [0.2, 0.25) is 10.0 Å². The first-order valence-corrected chi connectivity index (χ1v) is 11.9. The van der Waals surface area contributed by atoms with E-state index < -0.39 is 35.6 Å². The van der Waals surface area contributed by atoms with Gasteiger partial charge < -0.3 is 19.2 Å². The Balaban J connectivity index is 1.63. The second-order valence-corrected chi connectivity index (χ2v) is 9.25. The van der Waals surface area contributed by atoms with Crippen LogP contribution in [0.25, 0.3) is 11.0 Å². The molecule has 0 aliphatic carbocycles. The average molecular weight is 566 g/mol. The van der Waals surface area contributed by atoms with Crippen molar-refractivity contribution in [2.24, 2.45) is 0 Å². The number of carbonyl (C=O) groups excluding carboxylic acids is 1. The predicted octanol–water partition coefficient (Wildman–Crippen LogP) is 7.85. The molecule has 0 saturated heterocycles. The van der Waals surface area contributed by atoms with Gasteiger partial charge in [0.2, 0.25) is 11.2 Å². The van der Waals surface area contributed by atoms with Crippen molar-refractivity contribution in [1.82, 2.24) is 0 Å². The molecule has 1 aromatic heterocycles. The summed E-state index contributed by atoms with van der Waals surface area (Å²) >= 11 is 12.2. The third kappa shape index (κ3) is 5.74. The highest BCUT2D eigenvalue weighted by Crippen LogP contribution is 2.39. The molecule has 1 N–H and O–H groups in total. The summed E-state index contributed by atoms with van der Waals surface area (Å²) < 4.78 is 57.5. The molecule has 0 spiro atoms. The molecule has 0 radical (unpaired) electrons. The third-order valence-corrected chi connectivity index (χ3v) is 6.63. The number of hydrogen-bond donors (Lipinski definition) is 1. The van der Waals surface area contributed by atoms with Crippen molar-refractivity contribution in [3.8, 4) is 17.2 Å². The standard InChI is InChI=1S/C27H20Cl2F3NO5/c1-13-9-17(10-14(2)23(13)29)37-25-24(35)18-8-7-16(11-21(18)38-26(25)27(30,31)32)36-12-22(34)33-20-6-4-5-19(28)15(20)3/h4-11H,12H2,1-3H3,(H,33,34). The van der Waals surface area contributed by atoms with Crippen LogP contribution in [0.4, 0.5) is 18.9 Å². The Hall–Kier alpha value is -3.69. The Morgan fingerprint density at radius 1 is 1.00 bits per heavy atom. The molecule has 38 heavy (non-hydrogen) atoms. The fourth-order valence-corrected chi connectivity index (χ4v) is 3.97. The summed E-state index contributed by atoms with van der Waals surface area (Å²) in [5.74, 6) is -3.11. The van der Waals surface area contributed by atoms with Crippen LogP contribution in [0.15, 0.2) is 57.7 Å².